The van der Waals surface area contributed by atoms with Gasteiger partial charge in [-0.1, -0.05) is 65.8 Å². The summed E-state index contributed by atoms with van der Waals surface area (Å²) in [5.74, 6) is 0.830. The van der Waals surface area contributed by atoms with Gasteiger partial charge in [-0.05, 0) is 72.2 Å². The van der Waals surface area contributed by atoms with Crippen LogP contribution in [0.5, 0.6) is 5.75 Å². The fourth-order valence-corrected chi connectivity index (χ4v) is 5.39. The van der Waals surface area contributed by atoms with Gasteiger partial charge in [-0.3, -0.25) is 0 Å². The van der Waals surface area contributed by atoms with Crippen LogP contribution in [0.1, 0.15) is 30.9 Å². The van der Waals surface area contributed by atoms with Crippen molar-refractivity contribution in [3.8, 4) is 5.75 Å². The predicted molar refractivity (Wildman–Crippen MR) is 133 cm³/mol. The molecule has 3 rings (SSSR count). The van der Waals surface area contributed by atoms with Crippen molar-refractivity contribution in [2.24, 2.45) is 5.73 Å². The Morgan fingerprint density at radius 1 is 1.06 bits per heavy atom. The van der Waals surface area contributed by atoms with Crippen LogP contribution in [0.4, 0.5) is 0 Å². The van der Waals surface area contributed by atoms with E-state index in [1.54, 1.807) is 11.8 Å². The van der Waals surface area contributed by atoms with Crippen molar-refractivity contribution in [3.63, 3.8) is 0 Å². The fourth-order valence-electron chi connectivity index (χ4n) is 3.37. The van der Waals surface area contributed by atoms with E-state index in [-0.39, 0.29) is 6.16 Å². The molecule has 4 nitrogen and oxygen atoms in total. The maximum atomic E-state index is 11.0. The standard InChI is InChI=1S/C25H27ClNO3PS/c1-25(27,18-31(28)29)14-6-9-20-12-13-23(16-24(20)26)32-22-11-5-10-21(15-22)30-17-19-7-3-2-4-8-19/h2-5,7-8,10-13,15-16H,6,9,14,17-18,27H2,1H3/p+1. The Morgan fingerprint density at radius 3 is 2.53 bits per heavy atom. The SMILES string of the molecule is CC(N)(CCCc1ccc(Sc2cccc(OCc3ccccc3)c2)cc1Cl)C[P+](=O)O. The molecule has 0 aliphatic carbocycles. The Kier molecular flexibility index (Phi) is 9.15. The van der Waals surface area contributed by atoms with Crippen molar-refractivity contribution in [1.82, 2.24) is 0 Å². The molecule has 0 aliphatic heterocycles. The van der Waals surface area contributed by atoms with E-state index in [1.165, 1.54) is 0 Å². The Hall–Kier alpha value is -1.88. The molecular weight excluding hydrogens is 461 g/mol. The Bertz CT molecular complexity index is 1050. The number of hydrogen-bond acceptors (Lipinski definition) is 4. The zero-order valence-corrected chi connectivity index (χ0v) is 20.5. The minimum absolute atomic E-state index is 0.111. The number of rotatable bonds is 11. The fraction of sp³-hybridized carbons (Fsp3) is 0.280. The highest BCUT2D eigenvalue weighted by Gasteiger charge is 2.29. The van der Waals surface area contributed by atoms with Crippen molar-refractivity contribution in [3.05, 3.63) is 88.9 Å². The van der Waals surface area contributed by atoms with Gasteiger partial charge in [0.15, 0.2) is 6.16 Å². The van der Waals surface area contributed by atoms with Crippen LogP contribution < -0.4 is 10.5 Å². The van der Waals surface area contributed by atoms with Gasteiger partial charge in [0.2, 0.25) is 0 Å². The third kappa shape index (κ3) is 8.23. The third-order valence-electron chi connectivity index (χ3n) is 5.00. The van der Waals surface area contributed by atoms with Crippen LogP contribution in [-0.2, 0) is 17.6 Å². The highest BCUT2D eigenvalue weighted by molar-refractivity contribution is 7.99. The van der Waals surface area contributed by atoms with Crippen LogP contribution in [0.15, 0.2) is 82.6 Å². The number of benzene rings is 3. The normalized spacial score (nSPS) is 13.4. The Balaban J connectivity index is 1.55. The average molecular weight is 489 g/mol. The van der Waals surface area contributed by atoms with Gasteiger partial charge >= 0.3 is 8.03 Å². The maximum Gasteiger partial charge on any atom is 0.507 e. The number of aryl methyl sites for hydroxylation is 1. The molecule has 3 aromatic carbocycles. The molecule has 0 radical (unpaired) electrons. The molecule has 2 unspecified atom stereocenters. The zero-order valence-electron chi connectivity index (χ0n) is 18.0. The van der Waals surface area contributed by atoms with Crippen LogP contribution in [0.3, 0.4) is 0 Å². The highest BCUT2D eigenvalue weighted by Crippen LogP contribution is 2.33. The summed E-state index contributed by atoms with van der Waals surface area (Å²) in [7, 11) is -2.22. The summed E-state index contributed by atoms with van der Waals surface area (Å²) in [6.07, 6.45) is 2.36. The monoisotopic (exact) mass is 488 g/mol. The van der Waals surface area contributed by atoms with E-state index in [9.17, 15) is 4.57 Å². The number of ether oxygens (including phenoxy) is 1. The molecule has 168 valence electrons. The smallest absolute Gasteiger partial charge is 0.489 e. The summed E-state index contributed by atoms with van der Waals surface area (Å²) < 4.78 is 17.0. The van der Waals surface area contributed by atoms with Gasteiger partial charge in [0.25, 0.3) is 0 Å². The summed E-state index contributed by atoms with van der Waals surface area (Å²) in [5.41, 5.74) is 7.65. The maximum absolute atomic E-state index is 11.0. The zero-order chi connectivity index (χ0) is 23.0. The first-order chi connectivity index (χ1) is 15.3. The average Bonchev–Trinajstić information content (AvgIpc) is 2.74. The molecule has 7 heteroatoms. The molecule has 0 bridgehead atoms. The molecule has 0 saturated heterocycles. The minimum atomic E-state index is -2.22. The van der Waals surface area contributed by atoms with Crippen molar-refractivity contribution in [1.29, 1.82) is 0 Å². The summed E-state index contributed by atoms with van der Waals surface area (Å²) in [6, 6.07) is 24.2. The lowest BCUT2D eigenvalue weighted by Crippen LogP contribution is -2.38. The van der Waals surface area contributed by atoms with Gasteiger partial charge in [0.05, 0.1) is 5.54 Å². The van der Waals surface area contributed by atoms with Gasteiger partial charge in [0, 0.05) is 14.8 Å². The molecule has 3 aromatic rings. The predicted octanol–water partition coefficient (Wildman–Crippen LogP) is 6.85. The van der Waals surface area contributed by atoms with Crippen molar-refractivity contribution in [2.75, 3.05) is 6.16 Å². The van der Waals surface area contributed by atoms with Crippen LogP contribution in [0, 0.1) is 0 Å². The Labute approximate surface area is 200 Å². The second-order valence-corrected chi connectivity index (χ2v) is 10.7. The topological polar surface area (TPSA) is 72.5 Å². The lowest BCUT2D eigenvalue weighted by Gasteiger charge is -2.18. The van der Waals surface area contributed by atoms with Crippen molar-refractivity contribution >= 4 is 31.4 Å². The first-order valence-corrected chi connectivity index (χ1v) is 13.1. The van der Waals surface area contributed by atoms with Gasteiger partial charge in [-0.2, -0.15) is 4.89 Å². The Morgan fingerprint density at radius 2 is 1.81 bits per heavy atom. The molecule has 0 heterocycles. The first kappa shape index (κ1) is 24.8. The molecule has 0 aliphatic rings. The van der Waals surface area contributed by atoms with Crippen LogP contribution in [-0.4, -0.2) is 16.6 Å². The van der Waals surface area contributed by atoms with E-state index in [4.69, 9.17) is 27.0 Å². The molecule has 0 aromatic heterocycles. The molecule has 0 spiro atoms. The van der Waals surface area contributed by atoms with E-state index in [2.05, 4.69) is 12.1 Å². The second kappa shape index (κ2) is 11.8. The van der Waals surface area contributed by atoms with E-state index in [0.717, 1.165) is 44.5 Å². The summed E-state index contributed by atoms with van der Waals surface area (Å²) in [5, 5.41) is 0.721. The van der Waals surface area contributed by atoms with Crippen molar-refractivity contribution < 1.29 is 14.2 Å². The second-order valence-electron chi connectivity index (χ2n) is 8.12. The van der Waals surface area contributed by atoms with Crippen LogP contribution >= 0.6 is 31.4 Å². The van der Waals surface area contributed by atoms with E-state index in [1.807, 2.05) is 67.6 Å². The number of nitrogens with two attached hydrogens (primary N) is 1. The molecule has 0 amide bonds. The third-order valence-corrected chi connectivity index (χ3v) is 7.33. The lowest BCUT2D eigenvalue weighted by atomic mass is 9.96. The molecule has 2 atom stereocenters. The summed E-state index contributed by atoms with van der Waals surface area (Å²) in [4.78, 5) is 11.2. The molecule has 32 heavy (non-hydrogen) atoms. The van der Waals surface area contributed by atoms with Gasteiger partial charge in [-0.15, -0.1) is 0 Å². The van der Waals surface area contributed by atoms with Gasteiger partial charge in [-0.25, -0.2) is 0 Å². The van der Waals surface area contributed by atoms with Gasteiger partial charge in [0.1, 0.15) is 12.4 Å². The van der Waals surface area contributed by atoms with E-state index < -0.39 is 13.6 Å². The molecular formula is C25H28ClNO3PS+. The first-order valence-electron chi connectivity index (χ1n) is 10.5. The quantitative estimate of drug-likeness (QED) is 0.289. The van der Waals surface area contributed by atoms with E-state index >= 15 is 0 Å². The highest BCUT2D eigenvalue weighted by atomic mass is 35.5. The lowest BCUT2D eigenvalue weighted by molar-refractivity contribution is 0.305. The minimum Gasteiger partial charge on any atom is -0.489 e. The van der Waals surface area contributed by atoms with Gasteiger partial charge < -0.3 is 10.5 Å². The number of halogens is 1. The molecule has 3 N–H and O–H groups in total. The summed E-state index contributed by atoms with van der Waals surface area (Å²) in [6.45, 7) is 2.35. The molecule has 0 saturated carbocycles. The van der Waals surface area contributed by atoms with Crippen LogP contribution in [0.25, 0.3) is 0 Å². The van der Waals surface area contributed by atoms with Crippen molar-refractivity contribution in [2.45, 2.75) is 48.1 Å². The summed E-state index contributed by atoms with van der Waals surface area (Å²) >= 11 is 8.16. The van der Waals surface area contributed by atoms with Crippen LogP contribution in [0.2, 0.25) is 5.02 Å². The number of hydrogen-bond donors (Lipinski definition) is 2. The molecule has 0 fully saturated rings. The van der Waals surface area contributed by atoms with E-state index in [0.29, 0.717) is 13.0 Å². The largest absolute Gasteiger partial charge is 0.507 e.